The van der Waals surface area contributed by atoms with E-state index in [2.05, 4.69) is 0 Å². The van der Waals surface area contributed by atoms with Gasteiger partial charge in [0.05, 0.1) is 11.3 Å². The Hall–Kier alpha value is -2.56. The van der Waals surface area contributed by atoms with Gasteiger partial charge >= 0.3 is 5.63 Å². The van der Waals surface area contributed by atoms with Crippen LogP contribution in [0.2, 0.25) is 0 Å². The smallest absolute Gasteiger partial charge is 0.336 e. The monoisotopic (exact) mass is 370 g/mol. The molecule has 1 aromatic heterocycles. The Bertz CT molecular complexity index is 963. The van der Waals surface area contributed by atoms with Gasteiger partial charge in [0.2, 0.25) is 0 Å². The molecule has 0 saturated heterocycles. The topological polar surface area (TPSA) is 65.7 Å². The van der Waals surface area contributed by atoms with Gasteiger partial charge in [0.1, 0.15) is 29.8 Å². The first-order valence-electron chi connectivity index (χ1n) is 9.44. The molecule has 1 aromatic carbocycles. The van der Waals surface area contributed by atoms with Gasteiger partial charge < -0.3 is 13.9 Å². The minimum absolute atomic E-state index is 0.0682. The number of Topliss-reactive ketones (excluding diaryl/α,β-unsaturated/α-hetero) is 1. The lowest BCUT2D eigenvalue weighted by Gasteiger charge is -2.29. The maximum Gasteiger partial charge on any atom is 0.336 e. The van der Waals surface area contributed by atoms with Crippen molar-refractivity contribution in [2.45, 2.75) is 53.6 Å². The van der Waals surface area contributed by atoms with E-state index < -0.39 is 5.63 Å². The molecular formula is C22H26O5. The lowest BCUT2D eigenvalue weighted by Crippen LogP contribution is -2.33. The van der Waals surface area contributed by atoms with Gasteiger partial charge in [0.15, 0.2) is 11.4 Å². The normalized spacial score (nSPS) is 18.8. The number of carbonyl (C=O) groups is 1. The summed E-state index contributed by atoms with van der Waals surface area (Å²) < 4.78 is 17.5. The van der Waals surface area contributed by atoms with Crippen molar-refractivity contribution in [3.05, 3.63) is 45.3 Å². The average Bonchev–Trinajstić information content (AvgIpc) is 2.59. The third-order valence-corrected chi connectivity index (χ3v) is 4.95. The van der Waals surface area contributed by atoms with Crippen LogP contribution in [-0.2, 0) is 6.42 Å². The summed E-state index contributed by atoms with van der Waals surface area (Å²) in [6.45, 7) is 10.1. The standard InChI is InChI=1S/C22H26O5/c1-6-7-15-10-18(23)27-22-19(15)16(25-9-8-12(2)3)11-17-20(22)21(24)13(4)14(5)26-17/h8,10-11,13-14H,6-7,9H2,1-5H3/t13-,14-/m1/s1. The summed E-state index contributed by atoms with van der Waals surface area (Å²) in [6, 6.07) is 3.25. The molecular weight excluding hydrogens is 344 g/mol. The third kappa shape index (κ3) is 3.64. The number of hydrogen-bond acceptors (Lipinski definition) is 5. The van der Waals surface area contributed by atoms with Crippen molar-refractivity contribution in [1.29, 1.82) is 0 Å². The van der Waals surface area contributed by atoms with E-state index >= 15 is 0 Å². The molecule has 0 fully saturated rings. The van der Waals surface area contributed by atoms with Crippen LogP contribution < -0.4 is 15.1 Å². The number of carbonyl (C=O) groups excluding carboxylic acids is 1. The summed E-state index contributed by atoms with van der Waals surface area (Å²) in [7, 11) is 0. The fourth-order valence-corrected chi connectivity index (χ4v) is 3.31. The number of fused-ring (bicyclic) bond motifs is 3. The predicted molar refractivity (Wildman–Crippen MR) is 105 cm³/mol. The fourth-order valence-electron chi connectivity index (χ4n) is 3.31. The Balaban J connectivity index is 2.29. The van der Waals surface area contributed by atoms with E-state index in [-0.39, 0.29) is 23.4 Å². The molecule has 0 spiro atoms. The molecule has 0 unspecified atom stereocenters. The lowest BCUT2D eigenvalue weighted by atomic mass is 9.89. The van der Waals surface area contributed by atoms with E-state index in [1.54, 1.807) is 6.07 Å². The second-order valence-corrected chi connectivity index (χ2v) is 7.36. The molecule has 1 aliphatic heterocycles. The molecule has 2 heterocycles. The van der Waals surface area contributed by atoms with E-state index in [1.807, 2.05) is 40.7 Å². The molecule has 5 nitrogen and oxygen atoms in total. The van der Waals surface area contributed by atoms with Crippen LogP contribution in [0, 0.1) is 5.92 Å². The molecule has 0 saturated carbocycles. The van der Waals surface area contributed by atoms with Crippen LogP contribution in [0.1, 0.15) is 57.0 Å². The first-order valence-corrected chi connectivity index (χ1v) is 9.44. The van der Waals surface area contributed by atoms with Crippen molar-refractivity contribution in [2.75, 3.05) is 6.61 Å². The molecule has 0 amide bonds. The van der Waals surface area contributed by atoms with Crippen molar-refractivity contribution in [3.8, 4) is 11.5 Å². The Morgan fingerprint density at radius 3 is 2.63 bits per heavy atom. The number of hydrogen-bond donors (Lipinski definition) is 0. The molecule has 144 valence electrons. The molecule has 27 heavy (non-hydrogen) atoms. The van der Waals surface area contributed by atoms with Crippen LogP contribution in [0.5, 0.6) is 11.5 Å². The Labute approximate surface area is 159 Å². The Morgan fingerprint density at radius 1 is 1.22 bits per heavy atom. The van der Waals surface area contributed by atoms with Crippen molar-refractivity contribution >= 4 is 16.8 Å². The van der Waals surface area contributed by atoms with E-state index in [0.717, 1.165) is 17.6 Å². The van der Waals surface area contributed by atoms with Gasteiger partial charge in [-0.1, -0.05) is 25.8 Å². The van der Waals surface area contributed by atoms with Crippen molar-refractivity contribution in [2.24, 2.45) is 5.92 Å². The van der Waals surface area contributed by atoms with Crippen molar-refractivity contribution < 1.29 is 18.7 Å². The third-order valence-electron chi connectivity index (χ3n) is 4.95. The minimum atomic E-state index is -0.464. The summed E-state index contributed by atoms with van der Waals surface area (Å²) >= 11 is 0. The van der Waals surface area contributed by atoms with Gasteiger partial charge in [-0.2, -0.15) is 0 Å². The first-order chi connectivity index (χ1) is 12.8. The van der Waals surface area contributed by atoms with E-state index in [1.165, 1.54) is 6.07 Å². The zero-order valence-corrected chi connectivity index (χ0v) is 16.5. The summed E-state index contributed by atoms with van der Waals surface area (Å²) in [5, 5.41) is 0.691. The zero-order valence-electron chi connectivity index (χ0n) is 16.5. The maximum absolute atomic E-state index is 12.9. The van der Waals surface area contributed by atoms with Crippen molar-refractivity contribution in [1.82, 2.24) is 0 Å². The van der Waals surface area contributed by atoms with Gasteiger partial charge in [-0.3, -0.25) is 4.79 Å². The van der Waals surface area contributed by atoms with Crippen LogP contribution in [-0.4, -0.2) is 18.5 Å². The molecule has 0 bridgehead atoms. The highest BCUT2D eigenvalue weighted by molar-refractivity contribution is 6.12. The average molecular weight is 370 g/mol. The molecule has 2 aromatic rings. The van der Waals surface area contributed by atoms with Gasteiger partial charge in [0, 0.05) is 12.1 Å². The SMILES string of the molecule is CCCc1cc(=O)oc2c3c(cc(OCC=C(C)C)c12)O[C@H](C)[C@@H](C)C3=O. The molecule has 1 aliphatic rings. The minimum Gasteiger partial charge on any atom is -0.489 e. The molecule has 3 rings (SSSR count). The number of ether oxygens (including phenoxy) is 2. The summed E-state index contributed by atoms with van der Waals surface area (Å²) in [5.74, 6) is 0.616. The summed E-state index contributed by atoms with van der Waals surface area (Å²) in [5.41, 5.74) is 2.14. The van der Waals surface area contributed by atoms with Gasteiger partial charge in [-0.25, -0.2) is 4.79 Å². The quantitative estimate of drug-likeness (QED) is 0.564. The molecule has 2 atom stereocenters. The number of rotatable bonds is 5. The highest BCUT2D eigenvalue weighted by Gasteiger charge is 2.35. The number of benzene rings is 1. The second-order valence-electron chi connectivity index (χ2n) is 7.36. The number of allylic oxidation sites excluding steroid dienone is 1. The molecule has 0 aliphatic carbocycles. The largest absolute Gasteiger partial charge is 0.489 e. The van der Waals surface area contributed by atoms with E-state index in [0.29, 0.717) is 35.5 Å². The predicted octanol–water partition coefficient (Wildman–Crippen LogP) is 4.69. The fraction of sp³-hybridized carbons (Fsp3) is 0.455. The van der Waals surface area contributed by atoms with Gasteiger partial charge in [0.25, 0.3) is 0 Å². The highest BCUT2D eigenvalue weighted by Crippen LogP contribution is 2.42. The molecule has 5 heteroatoms. The van der Waals surface area contributed by atoms with E-state index in [4.69, 9.17) is 13.9 Å². The van der Waals surface area contributed by atoms with Crippen LogP contribution in [0.25, 0.3) is 11.0 Å². The Morgan fingerprint density at radius 2 is 1.96 bits per heavy atom. The van der Waals surface area contributed by atoms with Crippen molar-refractivity contribution in [3.63, 3.8) is 0 Å². The van der Waals surface area contributed by atoms with E-state index in [9.17, 15) is 9.59 Å². The number of aryl methyl sites for hydroxylation is 1. The first kappa shape index (κ1) is 19.2. The highest BCUT2D eigenvalue weighted by atomic mass is 16.5. The Kier molecular flexibility index (Phi) is 5.40. The van der Waals surface area contributed by atoms with Crippen LogP contribution in [0.3, 0.4) is 0 Å². The van der Waals surface area contributed by atoms with Crippen LogP contribution in [0.4, 0.5) is 0 Å². The molecule has 0 N–H and O–H groups in total. The molecule has 0 radical (unpaired) electrons. The van der Waals surface area contributed by atoms with Crippen LogP contribution in [0.15, 0.2) is 33.0 Å². The summed E-state index contributed by atoms with van der Waals surface area (Å²) in [6.07, 6.45) is 3.28. The second kappa shape index (κ2) is 7.59. The van der Waals surface area contributed by atoms with Crippen LogP contribution >= 0.6 is 0 Å². The summed E-state index contributed by atoms with van der Waals surface area (Å²) in [4.78, 5) is 25.1. The lowest BCUT2D eigenvalue weighted by molar-refractivity contribution is 0.0731. The maximum atomic E-state index is 12.9. The van der Waals surface area contributed by atoms with Gasteiger partial charge in [-0.15, -0.1) is 0 Å². The van der Waals surface area contributed by atoms with Gasteiger partial charge in [-0.05, 0) is 38.8 Å². The zero-order chi connectivity index (χ0) is 19.7. The number of ketones is 1.